The fraction of sp³-hybridized carbons (Fsp3) is 0.190. The first-order valence-corrected chi connectivity index (χ1v) is 8.27. The van der Waals surface area contributed by atoms with E-state index >= 15 is 0 Å². The predicted molar refractivity (Wildman–Crippen MR) is 100 cm³/mol. The summed E-state index contributed by atoms with van der Waals surface area (Å²) >= 11 is 0. The van der Waals surface area contributed by atoms with Crippen molar-refractivity contribution in [3.05, 3.63) is 96.1 Å². The molecule has 1 aromatic carbocycles. The number of carbonyl (C=O) groups excluding carboxylic acids is 1. The third kappa shape index (κ3) is 6.65. The summed E-state index contributed by atoms with van der Waals surface area (Å²) in [5.41, 5.74) is 2.90. The second-order valence-electron chi connectivity index (χ2n) is 5.61. The van der Waals surface area contributed by atoms with E-state index in [1.165, 1.54) is 12.5 Å². The minimum absolute atomic E-state index is 0.00981. The van der Waals surface area contributed by atoms with Gasteiger partial charge in [-0.3, -0.25) is 14.8 Å². The SMILES string of the molecule is CC(=O)c1ccccn1.CC(NCc1ccccc1)c1ccccn1. The normalized spacial score (nSPS) is 11.1. The second-order valence-corrected chi connectivity index (χ2v) is 5.61. The van der Waals surface area contributed by atoms with Gasteiger partial charge in [0.2, 0.25) is 0 Å². The van der Waals surface area contributed by atoms with Gasteiger partial charge in [-0.2, -0.15) is 0 Å². The van der Waals surface area contributed by atoms with Gasteiger partial charge in [0, 0.05) is 31.9 Å². The quantitative estimate of drug-likeness (QED) is 0.710. The molecule has 4 heteroatoms. The molecule has 0 aliphatic heterocycles. The maximum absolute atomic E-state index is 10.6. The van der Waals surface area contributed by atoms with Crippen molar-refractivity contribution in [1.29, 1.82) is 0 Å². The van der Waals surface area contributed by atoms with Gasteiger partial charge in [-0.25, -0.2) is 0 Å². The van der Waals surface area contributed by atoms with Crippen molar-refractivity contribution in [3.63, 3.8) is 0 Å². The van der Waals surface area contributed by atoms with Crippen molar-refractivity contribution < 1.29 is 4.79 Å². The Morgan fingerprint density at radius 3 is 2.08 bits per heavy atom. The smallest absolute Gasteiger partial charge is 0.178 e. The Labute approximate surface area is 149 Å². The molecular weight excluding hydrogens is 310 g/mol. The van der Waals surface area contributed by atoms with Crippen molar-refractivity contribution in [1.82, 2.24) is 15.3 Å². The van der Waals surface area contributed by atoms with E-state index in [1.807, 2.05) is 30.5 Å². The van der Waals surface area contributed by atoms with Crippen LogP contribution in [0, 0.1) is 0 Å². The Morgan fingerprint density at radius 1 is 0.920 bits per heavy atom. The van der Waals surface area contributed by atoms with Crippen LogP contribution in [0.25, 0.3) is 0 Å². The van der Waals surface area contributed by atoms with Crippen LogP contribution in [0.5, 0.6) is 0 Å². The van der Waals surface area contributed by atoms with Gasteiger partial charge in [-0.1, -0.05) is 42.5 Å². The highest BCUT2D eigenvalue weighted by atomic mass is 16.1. The summed E-state index contributed by atoms with van der Waals surface area (Å²) in [6.45, 7) is 4.51. The molecule has 0 radical (unpaired) electrons. The molecule has 0 spiro atoms. The summed E-state index contributed by atoms with van der Waals surface area (Å²) in [5, 5.41) is 3.45. The zero-order valence-corrected chi connectivity index (χ0v) is 14.6. The van der Waals surface area contributed by atoms with E-state index in [-0.39, 0.29) is 11.8 Å². The van der Waals surface area contributed by atoms with Crippen LogP contribution >= 0.6 is 0 Å². The minimum Gasteiger partial charge on any atom is -0.305 e. The molecule has 0 aliphatic rings. The number of rotatable bonds is 5. The van der Waals surface area contributed by atoms with Crippen molar-refractivity contribution in [2.45, 2.75) is 26.4 Å². The standard InChI is InChI=1S/C14H16N2.C7H7NO/c1-12(14-9-5-6-10-15-14)16-11-13-7-3-2-4-8-13;1-6(9)7-4-2-3-5-8-7/h2-10,12,16H,11H2,1H3;2-5H,1H3. The molecular formula is C21H23N3O. The van der Waals surface area contributed by atoms with Crippen LogP contribution in [-0.4, -0.2) is 15.8 Å². The van der Waals surface area contributed by atoms with E-state index in [0.29, 0.717) is 5.69 Å². The van der Waals surface area contributed by atoms with Crippen LogP contribution in [0.3, 0.4) is 0 Å². The van der Waals surface area contributed by atoms with E-state index in [2.05, 4.69) is 46.5 Å². The van der Waals surface area contributed by atoms with E-state index in [4.69, 9.17) is 0 Å². The first-order valence-electron chi connectivity index (χ1n) is 8.27. The number of carbonyl (C=O) groups is 1. The van der Waals surface area contributed by atoms with Gasteiger partial charge in [-0.05, 0) is 36.8 Å². The van der Waals surface area contributed by atoms with Crippen LogP contribution in [0.15, 0.2) is 79.1 Å². The zero-order chi connectivity index (χ0) is 17.9. The average molecular weight is 333 g/mol. The monoisotopic (exact) mass is 333 g/mol. The molecule has 0 amide bonds. The lowest BCUT2D eigenvalue weighted by Crippen LogP contribution is -2.18. The topological polar surface area (TPSA) is 54.9 Å². The van der Waals surface area contributed by atoms with Crippen LogP contribution in [0.1, 0.15) is 41.6 Å². The first-order chi connectivity index (χ1) is 12.2. The van der Waals surface area contributed by atoms with Crippen molar-refractivity contribution >= 4 is 5.78 Å². The Hall–Kier alpha value is -2.85. The van der Waals surface area contributed by atoms with Gasteiger partial charge >= 0.3 is 0 Å². The molecule has 2 aromatic heterocycles. The highest BCUT2D eigenvalue weighted by Gasteiger charge is 2.04. The van der Waals surface area contributed by atoms with Crippen molar-refractivity contribution in [2.24, 2.45) is 0 Å². The molecule has 4 nitrogen and oxygen atoms in total. The summed E-state index contributed by atoms with van der Waals surface area (Å²) in [4.78, 5) is 18.7. The fourth-order valence-electron chi connectivity index (χ4n) is 2.17. The molecule has 128 valence electrons. The maximum atomic E-state index is 10.6. The van der Waals surface area contributed by atoms with Gasteiger partial charge in [0.25, 0.3) is 0 Å². The fourth-order valence-corrected chi connectivity index (χ4v) is 2.17. The van der Waals surface area contributed by atoms with Gasteiger partial charge in [0.05, 0.1) is 5.69 Å². The molecule has 1 N–H and O–H groups in total. The van der Waals surface area contributed by atoms with Gasteiger partial charge in [0.1, 0.15) is 5.69 Å². The lowest BCUT2D eigenvalue weighted by molar-refractivity contribution is 0.101. The molecule has 1 atom stereocenters. The van der Waals surface area contributed by atoms with Crippen molar-refractivity contribution in [2.75, 3.05) is 0 Å². The Morgan fingerprint density at radius 2 is 1.56 bits per heavy atom. The lowest BCUT2D eigenvalue weighted by atomic mass is 10.2. The number of nitrogens with zero attached hydrogens (tertiary/aromatic N) is 2. The van der Waals surface area contributed by atoms with Crippen LogP contribution in [-0.2, 0) is 6.54 Å². The van der Waals surface area contributed by atoms with E-state index in [0.717, 1.165) is 12.2 Å². The predicted octanol–water partition coefficient (Wildman–Crippen LogP) is 4.22. The van der Waals surface area contributed by atoms with Gasteiger partial charge < -0.3 is 5.32 Å². The molecule has 0 saturated carbocycles. The Kier molecular flexibility index (Phi) is 7.47. The molecule has 2 heterocycles. The zero-order valence-electron chi connectivity index (χ0n) is 14.6. The maximum Gasteiger partial charge on any atom is 0.178 e. The third-order valence-corrected chi connectivity index (χ3v) is 3.61. The number of hydrogen-bond acceptors (Lipinski definition) is 4. The van der Waals surface area contributed by atoms with E-state index in [1.54, 1.807) is 24.4 Å². The van der Waals surface area contributed by atoms with Crippen LogP contribution in [0.4, 0.5) is 0 Å². The van der Waals surface area contributed by atoms with E-state index < -0.39 is 0 Å². The molecule has 0 bridgehead atoms. The van der Waals surface area contributed by atoms with Crippen molar-refractivity contribution in [3.8, 4) is 0 Å². The second kappa shape index (κ2) is 10.1. The Bertz CT molecular complexity index is 746. The van der Waals surface area contributed by atoms with Gasteiger partial charge in [0.15, 0.2) is 5.78 Å². The highest BCUT2D eigenvalue weighted by molar-refractivity contribution is 5.91. The number of ketones is 1. The summed E-state index contributed by atoms with van der Waals surface area (Å²) in [6.07, 6.45) is 3.44. The molecule has 1 unspecified atom stereocenters. The van der Waals surface area contributed by atoms with Crippen LogP contribution in [0.2, 0.25) is 0 Å². The molecule has 0 fully saturated rings. The van der Waals surface area contributed by atoms with E-state index in [9.17, 15) is 4.79 Å². The summed E-state index contributed by atoms with van der Waals surface area (Å²) in [5.74, 6) is 0.00981. The molecule has 0 saturated heterocycles. The molecule has 0 aliphatic carbocycles. The number of nitrogens with one attached hydrogen (secondary N) is 1. The summed E-state index contributed by atoms with van der Waals surface area (Å²) in [7, 11) is 0. The summed E-state index contributed by atoms with van der Waals surface area (Å²) in [6, 6.07) is 22.0. The first kappa shape index (κ1) is 18.5. The van der Waals surface area contributed by atoms with Gasteiger partial charge in [-0.15, -0.1) is 0 Å². The summed E-state index contributed by atoms with van der Waals surface area (Å²) < 4.78 is 0. The number of pyridine rings is 2. The molecule has 25 heavy (non-hydrogen) atoms. The third-order valence-electron chi connectivity index (χ3n) is 3.61. The largest absolute Gasteiger partial charge is 0.305 e. The Balaban J connectivity index is 0.000000212. The number of benzene rings is 1. The average Bonchev–Trinajstić information content (AvgIpc) is 2.69. The number of hydrogen-bond donors (Lipinski definition) is 1. The lowest BCUT2D eigenvalue weighted by Gasteiger charge is -2.12. The number of Topliss-reactive ketones (excluding diaryl/α,β-unsaturated/α-hetero) is 1. The van der Waals surface area contributed by atoms with Crippen LogP contribution < -0.4 is 5.32 Å². The minimum atomic E-state index is 0.00981. The molecule has 3 aromatic rings. The molecule has 3 rings (SSSR count). The number of aromatic nitrogens is 2. The highest BCUT2D eigenvalue weighted by Crippen LogP contribution is 2.09.